The molecule has 2 aromatic carbocycles. The number of amides is 2. The quantitative estimate of drug-likeness (QED) is 0.844. The van der Waals surface area contributed by atoms with Crippen molar-refractivity contribution in [3.63, 3.8) is 0 Å². The smallest absolute Gasteiger partial charge is 0.257 e. The molecule has 0 saturated heterocycles. The van der Waals surface area contributed by atoms with Gasteiger partial charge in [-0.25, -0.2) is 4.39 Å². The third-order valence-electron chi connectivity index (χ3n) is 3.03. The van der Waals surface area contributed by atoms with E-state index in [1.807, 2.05) is 0 Å². The molecule has 2 amide bonds. The first-order chi connectivity index (χ1) is 10.8. The van der Waals surface area contributed by atoms with Crippen LogP contribution in [0.3, 0.4) is 0 Å². The van der Waals surface area contributed by atoms with Crippen molar-refractivity contribution < 1.29 is 14.0 Å². The predicted octanol–water partition coefficient (Wildman–Crippen LogP) is 4.09. The molecule has 120 valence electrons. The SMILES string of the molecule is CN(C)C(=O)c1cccc(NC(=O)c2cc(F)c(Cl)cc2Cl)c1. The molecule has 1 N–H and O–H groups in total. The van der Waals surface area contributed by atoms with Gasteiger partial charge in [-0.3, -0.25) is 9.59 Å². The molecule has 0 fully saturated rings. The molecule has 4 nitrogen and oxygen atoms in total. The fourth-order valence-corrected chi connectivity index (χ4v) is 2.35. The summed E-state index contributed by atoms with van der Waals surface area (Å²) in [5, 5.41) is 2.45. The molecule has 0 saturated carbocycles. The molecule has 0 aliphatic heterocycles. The Balaban J connectivity index is 2.26. The topological polar surface area (TPSA) is 49.4 Å². The van der Waals surface area contributed by atoms with Crippen LogP contribution in [0.5, 0.6) is 0 Å². The lowest BCUT2D eigenvalue weighted by molar-refractivity contribution is 0.0827. The van der Waals surface area contributed by atoms with Gasteiger partial charge in [-0.2, -0.15) is 0 Å². The number of halogens is 3. The van der Waals surface area contributed by atoms with Crippen LogP contribution in [0.25, 0.3) is 0 Å². The van der Waals surface area contributed by atoms with E-state index in [2.05, 4.69) is 5.32 Å². The van der Waals surface area contributed by atoms with E-state index in [1.54, 1.807) is 32.3 Å². The second kappa shape index (κ2) is 6.98. The van der Waals surface area contributed by atoms with Crippen molar-refractivity contribution in [3.05, 3.63) is 63.4 Å². The Kier molecular flexibility index (Phi) is 5.23. The zero-order valence-corrected chi connectivity index (χ0v) is 13.9. The predicted molar refractivity (Wildman–Crippen MR) is 88.8 cm³/mol. The van der Waals surface area contributed by atoms with Gasteiger partial charge < -0.3 is 10.2 Å². The van der Waals surface area contributed by atoms with E-state index in [0.29, 0.717) is 11.3 Å². The standard InChI is InChI=1S/C16H13Cl2FN2O2/c1-21(2)16(23)9-4-3-5-10(6-9)20-15(22)11-7-14(19)13(18)8-12(11)17/h3-8H,1-2H3,(H,20,22). The highest BCUT2D eigenvalue weighted by Crippen LogP contribution is 2.25. The van der Waals surface area contributed by atoms with E-state index in [-0.39, 0.29) is 21.5 Å². The molecular formula is C16H13Cl2FN2O2. The normalized spacial score (nSPS) is 10.3. The van der Waals surface area contributed by atoms with Crippen molar-refractivity contribution in [1.82, 2.24) is 4.90 Å². The summed E-state index contributed by atoms with van der Waals surface area (Å²) in [6.45, 7) is 0. The largest absolute Gasteiger partial charge is 0.345 e. The number of benzene rings is 2. The van der Waals surface area contributed by atoms with Gasteiger partial charge in [0.05, 0.1) is 15.6 Å². The number of hydrogen-bond donors (Lipinski definition) is 1. The fourth-order valence-electron chi connectivity index (χ4n) is 1.88. The molecule has 0 aliphatic carbocycles. The fraction of sp³-hybridized carbons (Fsp3) is 0.125. The first-order valence-corrected chi connectivity index (χ1v) is 7.33. The lowest BCUT2D eigenvalue weighted by Crippen LogP contribution is -2.22. The highest BCUT2D eigenvalue weighted by atomic mass is 35.5. The minimum absolute atomic E-state index is 0.0365. The van der Waals surface area contributed by atoms with Crippen LogP contribution in [0.2, 0.25) is 10.0 Å². The first-order valence-electron chi connectivity index (χ1n) is 6.57. The van der Waals surface area contributed by atoms with Crippen LogP contribution in [0, 0.1) is 5.82 Å². The summed E-state index contributed by atoms with van der Waals surface area (Å²) >= 11 is 11.5. The van der Waals surface area contributed by atoms with Crippen LogP contribution >= 0.6 is 23.2 Å². The highest BCUT2D eigenvalue weighted by molar-refractivity contribution is 6.37. The van der Waals surface area contributed by atoms with Gasteiger partial charge in [-0.15, -0.1) is 0 Å². The summed E-state index contributed by atoms with van der Waals surface area (Å²) in [5.41, 5.74) is 0.771. The maximum atomic E-state index is 13.5. The average molecular weight is 355 g/mol. The summed E-state index contributed by atoms with van der Waals surface area (Å²) in [5.74, 6) is -1.53. The monoisotopic (exact) mass is 354 g/mol. The number of anilines is 1. The van der Waals surface area contributed by atoms with Crippen molar-refractivity contribution in [1.29, 1.82) is 0 Å². The summed E-state index contributed by atoms with van der Waals surface area (Å²) in [7, 11) is 3.26. The third-order valence-corrected chi connectivity index (χ3v) is 3.63. The molecule has 23 heavy (non-hydrogen) atoms. The van der Waals surface area contributed by atoms with Gasteiger partial charge in [0.25, 0.3) is 11.8 Å². The second-order valence-electron chi connectivity index (χ2n) is 4.98. The van der Waals surface area contributed by atoms with Gasteiger partial charge in [0.1, 0.15) is 5.82 Å². The van der Waals surface area contributed by atoms with E-state index < -0.39 is 11.7 Å². The number of nitrogens with one attached hydrogen (secondary N) is 1. The maximum absolute atomic E-state index is 13.5. The Morgan fingerprint density at radius 2 is 1.78 bits per heavy atom. The van der Waals surface area contributed by atoms with Gasteiger partial charge in [0, 0.05) is 25.3 Å². The Bertz CT molecular complexity index is 779. The van der Waals surface area contributed by atoms with Crippen molar-refractivity contribution in [2.75, 3.05) is 19.4 Å². The Labute approximate surface area is 142 Å². The number of nitrogens with zero attached hydrogens (tertiary/aromatic N) is 1. The van der Waals surface area contributed by atoms with Gasteiger partial charge >= 0.3 is 0 Å². The molecular weight excluding hydrogens is 342 g/mol. The molecule has 0 aromatic heterocycles. The minimum Gasteiger partial charge on any atom is -0.345 e. The molecule has 0 atom stereocenters. The molecule has 7 heteroatoms. The average Bonchev–Trinajstić information content (AvgIpc) is 2.50. The number of carbonyl (C=O) groups excluding carboxylic acids is 2. The summed E-state index contributed by atoms with van der Waals surface area (Å²) < 4.78 is 13.5. The van der Waals surface area contributed by atoms with E-state index >= 15 is 0 Å². The van der Waals surface area contributed by atoms with Gasteiger partial charge in [0.2, 0.25) is 0 Å². The van der Waals surface area contributed by atoms with Crippen molar-refractivity contribution in [2.24, 2.45) is 0 Å². The zero-order valence-electron chi connectivity index (χ0n) is 12.4. The second-order valence-corrected chi connectivity index (χ2v) is 5.80. The minimum atomic E-state index is -0.738. The van der Waals surface area contributed by atoms with Gasteiger partial charge in [-0.05, 0) is 30.3 Å². The van der Waals surface area contributed by atoms with Crippen LogP contribution in [-0.4, -0.2) is 30.8 Å². The lowest BCUT2D eigenvalue weighted by atomic mass is 10.1. The van der Waals surface area contributed by atoms with Crippen LogP contribution in [0.1, 0.15) is 20.7 Å². The molecule has 0 heterocycles. The maximum Gasteiger partial charge on any atom is 0.257 e. The Morgan fingerprint density at radius 3 is 2.43 bits per heavy atom. The summed E-state index contributed by atoms with van der Waals surface area (Å²) in [6.07, 6.45) is 0. The zero-order chi connectivity index (χ0) is 17.1. The van der Waals surface area contributed by atoms with E-state index in [0.717, 1.165) is 6.07 Å². The van der Waals surface area contributed by atoms with Gasteiger partial charge in [-0.1, -0.05) is 29.3 Å². The van der Waals surface area contributed by atoms with Crippen LogP contribution in [-0.2, 0) is 0 Å². The van der Waals surface area contributed by atoms with Crippen LogP contribution in [0.15, 0.2) is 36.4 Å². The van der Waals surface area contributed by atoms with Crippen molar-refractivity contribution in [3.8, 4) is 0 Å². The third kappa shape index (κ3) is 4.00. The molecule has 0 unspecified atom stereocenters. The van der Waals surface area contributed by atoms with Crippen molar-refractivity contribution in [2.45, 2.75) is 0 Å². The Morgan fingerprint density at radius 1 is 1.09 bits per heavy atom. The molecule has 2 rings (SSSR count). The van der Waals surface area contributed by atoms with Gasteiger partial charge in [0.15, 0.2) is 0 Å². The summed E-state index contributed by atoms with van der Waals surface area (Å²) in [4.78, 5) is 25.6. The molecule has 2 aromatic rings. The summed E-state index contributed by atoms with van der Waals surface area (Å²) in [6, 6.07) is 8.54. The first kappa shape index (κ1) is 17.2. The number of hydrogen-bond acceptors (Lipinski definition) is 2. The van der Waals surface area contributed by atoms with Crippen LogP contribution < -0.4 is 5.32 Å². The molecule has 0 spiro atoms. The van der Waals surface area contributed by atoms with E-state index in [9.17, 15) is 14.0 Å². The Hall–Kier alpha value is -2.11. The number of carbonyl (C=O) groups is 2. The number of rotatable bonds is 3. The molecule has 0 aliphatic rings. The molecule has 0 radical (unpaired) electrons. The van der Waals surface area contributed by atoms with E-state index in [1.165, 1.54) is 17.0 Å². The van der Waals surface area contributed by atoms with Crippen molar-refractivity contribution >= 4 is 40.7 Å². The van der Waals surface area contributed by atoms with Crippen LogP contribution in [0.4, 0.5) is 10.1 Å². The molecule has 0 bridgehead atoms. The highest BCUT2D eigenvalue weighted by Gasteiger charge is 2.15. The lowest BCUT2D eigenvalue weighted by Gasteiger charge is -2.12. The van der Waals surface area contributed by atoms with E-state index in [4.69, 9.17) is 23.2 Å².